The van der Waals surface area contributed by atoms with Crippen LogP contribution in [0.4, 0.5) is 15.8 Å². The maximum atomic E-state index is 13.8. The molecule has 4 nitrogen and oxygen atoms in total. The molecule has 1 aliphatic rings. The highest BCUT2D eigenvalue weighted by atomic mass is 19.1. The third-order valence-electron chi connectivity index (χ3n) is 2.97. The van der Waals surface area contributed by atoms with Crippen molar-refractivity contribution in [1.82, 2.24) is 0 Å². The molecular formula is C12H15FN2O2. The molecule has 1 aromatic carbocycles. The van der Waals surface area contributed by atoms with Gasteiger partial charge in [-0.25, -0.2) is 9.18 Å². The Morgan fingerprint density at radius 3 is 2.65 bits per heavy atom. The summed E-state index contributed by atoms with van der Waals surface area (Å²) in [5.41, 5.74) is 6.36. The molecule has 1 fully saturated rings. The minimum Gasteiger partial charge on any atom is -0.465 e. The second-order valence-electron chi connectivity index (χ2n) is 4.08. The van der Waals surface area contributed by atoms with Gasteiger partial charge in [-0.1, -0.05) is 0 Å². The van der Waals surface area contributed by atoms with Crippen molar-refractivity contribution in [2.75, 3.05) is 30.8 Å². The molecule has 1 heterocycles. The van der Waals surface area contributed by atoms with Crippen LogP contribution in [0.3, 0.4) is 0 Å². The number of hydrogen-bond acceptors (Lipinski definition) is 4. The first-order valence-corrected chi connectivity index (χ1v) is 5.55. The van der Waals surface area contributed by atoms with Gasteiger partial charge in [-0.05, 0) is 25.0 Å². The van der Waals surface area contributed by atoms with Crippen LogP contribution in [0.25, 0.3) is 0 Å². The number of anilines is 2. The molecule has 0 unspecified atom stereocenters. The van der Waals surface area contributed by atoms with Crippen LogP contribution in [0.5, 0.6) is 0 Å². The van der Waals surface area contributed by atoms with Crippen LogP contribution in [0.1, 0.15) is 23.2 Å². The van der Waals surface area contributed by atoms with Crippen molar-refractivity contribution in [3.8, 4) is 0 Å². The van der Waals surface area contributed by atoms with Gasteiger partial charge in [-0.15, -0.1) is 0 Å². The number of methoxy groups -OCH3 is 1. The minimum absolute atomic E-state index is 0.109. The molecule has 0 aromatic heterocycles. The molecule has 92 valence electrons. The van der Waals surface area contributed by atoms with E-state index in [9.17, 15) is 9.18 Å². The number of hydrogen-bond donors (Lipinski definition) is 1. The molecule has 1 aliphatic heterocycles. The van der Waals surface area contributed by atoms with Gasteiger partial charge in [0, 0.05) is 18.8 Å². The molecule has 0 bridgehead atoms. The Labute approximate surface area is 99.2 Å². The summed E-state index contributed by atoms with van der Waals surface area (Å²) in [4.78, 5) is 13.4. The second kappa shape index (κ2) is 4.61. The van der Waals surface area contributed by atoms with E-state index in [1.807, 2.05) is 4.90 Å². The quantitative estimate of drug-likeness (QED) is 0.630. The van der Waals surface area contributed by atoms with E-state index >= 15 is 0 Å². The molecule has 0 spiro atoms. The van der Waals surface area contributed by atoms with Crippen LogP contribution in [-0.4, -0.2) is 26.2 Å². The van der Waals surface area contributed by atoms with Gasteiger partial charge in [-0.3, -0.25) is 0 Å². The van der Waals surface area contributed by atoms with E-state index in [4.69, 9.17) is 5.73 Å². The molecule has 17 heavy (non-hydrogen) atoms. The zero-order valence-electron chi connectivity index (χ0n) is 9.70. The number of nitrogens with two attached hydrogens (primary N) is 1. The van der Waals surface area contributed by atoms with Gasteiger partial charge in [0.05, 0.1) is 18.4 Å². The van der Waals surface area contributed by atoms with Gasteiger partial charge in [0.1, 0.15) is 5.82 Å². The zero-order valence-corrected chi connectivity index (χ0v) is 9.70. The standard InChI is InChI=1S/C12H15FN2O2/c1-17-12(16)8-6-11(9(13)7-10(8)14)15-4-2-3-5-15/h6-7H,2-5,14H2,1H3. The molecule has 0 aliphatic carbocycles. The van der Waals surface area contributed by atoms with Gasteiger partial charge < -0.3 is 15.4 Å². The summed E-state index contributed by atoms with van der Waals surface area (Å²) >= 11 is 0. The Kier molecular flexibility index (Phi) is 3.17. The first kappa shape index (κ1) is 11.7. The van der Waals surface area contributed by atoms with Crippen molar-refractivity contribution in [2.24, 2.45) is 0 Å². The molecule has 0 saturated carbocycles. The summed E-state index contributed by atoms with van der Waals surface area (Å²) in [6.07, 6.45) is 2.08. The van der Waals surface area contributed by atoms with Crippen molar-refractivity contribution in [3.05, 3.63) is 23.5 Å². The maximum Gasteiger partial charge on any atom is 0.340 e. The van der Waals surface area contributed by atoms with Crippen LogP contribution < -0.4 is 10.6 Å². The molecule has 0 radical (unpaired) electrons. The molecule has 2 N–H and O–H groups in total. The molecule has 2 rings (SSSR count). The number of rotatable bonds is 2. The molecular weight excluding hydrogens is 223 g/mol. The number of carbonyl (C=O) groups excluding carboxylic acids is 1. The van der Waals surface area contributed by atoms with E-state index in [1.54, 1.807) is 0 Å². The number of nitrogens with zero attached hydrogens (tertiary/aromatic N) is 1. The first-order chi connectivity index (χ1) is 8.13. The molecule has 0 amide bonds. The lowest BCUT2D eigenvalue weighted by molar-refractivity contribution is 0.0602. The van der Waals surface area contributed by atoms with Crippen LogP contribution in [0, 0.1) is 5.82 Å². The molecule has 1 aromatic rings. The fourth-order valence-corrected chi connectivity index (χ4v) is 2.06. The number of benzene rings is 1. The average molecular weight is 238 g/mol. The van der Waals surface area contributed by atoms with Crippen molar-refractivity contribution in [3.63, 3.8) is 0 Å². The smallest absolute Gasteiger partial charge is 0.340 e. The van der Waals surface area contributed by atoms with Crippen molar-refractivity contribution >= 4 is 17.3 Å². The summed E-state index contributed by atoms with van der Waals surface area (Å²) in [7, 11) is 1.28. The van der Waals surface area contributed by atoms with E-state index in [-0.39, 0.29) is 11.3 Å². The number of nitrogen functional groups attached to an aromatic ring is 1. The fraction of sp³-hybridized carbons (Fsp3) is 0.417. The van der Waals surface area contributed by atoms with Crippen molar-refractivity contribution in [1.29, 1.82) is 0 Å². The lowest BCUT2D eigenvalue weighted by Gasteiger charge is -2.19. The lowest BCUT2D eigenvalue weighted by atomic mass is 10.1. The Bertz CT molecular complexity index is 442. The third-order valence-corrected chi connectivity index (χ3v) is 2.97. The number of halogens is 1. The van der Waals surface area contributed by atoms with E-state index in [0.717, 1.165) is 25.9 Å². The highest BCUT2D eigenvalue weighted by Gasteiger charge is 2.20. The lowest BCUT2D eigenvalue weighted by Crippen LogP contribution is -2.20. The van der Waals surface area contributed by atoms with Gasteiger partial charge in [-0.2, -0.15) is 0 Å². The molecule has 5 heteroatoms. The van der Waals surface area contributed by atoms with Gasteiger partial charge >= 0.3 is 5.97 Å². The van der Waals surface area contributed by atoms with Gasteiger partial charge in [0.15, 0.2) is 0 Å². The summed E-state index contributed by atoms with van der Waals surface area (Å²) in [5.74, 6) is -0.931. The third kappa shape index (κ3) is 2.18. The van der Waals surface area contributed by atoms with E-state index < -0.39 is 11.8 Å². The predicted octanol–water partition coefficient (Wildman–Crippen LogP) is 1.79. The Balaban J connectivity index is 2.41. The van der Waals surface area contributed by atoms with Gasteiger partial charge in [0.25, 0.3) is 0 Å². The van der Waals surface area contributed by atoms with Gasteiger partial charge in [0.2, 0.25) is 0 Å². The largest absolute Gasteiger partial charge is 0.465 e. The Morgan fingerprint density at radius 2 is 2.06 bits per heavy atom. The number of ether oxygens (including phenoxy) is 1. The van der Waals surface area contributed by atoms with Crippen molar-refractivity contribution in [2.45, 2.75) is 12.8 Å². The van der Waals surface area contributed by atoms with E-state index in [1.165, 1.54) is 19.2 Å². The molecule has 1 saturated heterocycles. The number of esters is 1. The van der Waals surface area contributed by atoms with Crippen LogP contribution in [-0.2, 0) is 4.74 Å². The normalized spacial score (nSPS) is 15.1. The Hall–Kier alpha value is -1.78. The summed E-state index contributed by atoms with van der Waals surface area (Å²) in [5, 5.41) is 0. The Morgan fingerprint density at radius 1 is 1.41 bits per heavy atom. The molecule has 0 atom stereocenters. The van der Waals surface area contributed by atoms with Crippen LogP contribution >= 0.6 is 0 Å². The second-order valence-corrected chi connectivity index (χ2v) is 4.08. The highest BCUT2D eigenvalue weighted by Crippen LogP contribution is 2.28. The van der Waals surface area contributed by atoms with E-state index in [0.29, 0.717) is 5.69 Å². The maximum absolute atomic E-state index is 13.8. The minimum atomic E-state index is -0.539. The SMILES string of the molecule is COC(=O)c1cc(N2CCCC2)c(F)cc1N. The first-order valence-electron chi connectivity index (χ1n) is 5.55. The van der Waals surface area contributed by atoms with Crippen molar-refractivity contribution < 1.29 is 13.9 Å². The van der Waals surface area contributed by atoms with E-state index in [2.05, 4.69) is 4.74 Å². The fourth-order valence-electron chi connectivity index (χ4n) is 2.06. The average Bonchev–Trinajstić information content (AvgIpc) is 2.81. The topological polar surface area (TPSA) is 55.6 Å². The monoisotopic (exact) mass is 238 g/mol. The van der Waals surface area contributed by atoms with Crippen LogP contribution in [0.15, 0.2) is 12.1 Å². The zero-order chi connectivity index (χ0) is 12.4. The summed E-state index contributed by atoms with van der Waals surface area (Å²) in [6.45, 7) is 1.61. The predicted molar refractivity (Wildman–Crippen MR) is 63.6 cm³/mol. The van der Waals surface area contributed by atoms with Crippen LogP contribution in [0.2, 0.25) is 0 Å². The summed E-state index contributed by atoms with van der Waals surface area (Å²) in [6, 6.07) is 2.65. The number of carbonyl (C=O) groups is 1. The summed E-state index contributed by atoms with van der Waals surface area (Å²) < 4.78 is 18.4. The highest BCUT2D eigenvalue weighted by molar-refractivity contribution is 5.96.